The molecule has 0 aliphatic carbocycles. The third-order valence-corrected chi connectivity index (χ3v) is 4.63. The van der Waals surface area contributed by atoms with Crippen LogP contribution in [0.4, 0.5) is 11.6 Å². The maximum Gasteiger partial charge on any atom is 0.142 e. The smallest absolute Gasteiger partial charge is 0.142 e. The van der Waals surface area contributed by atoms with Crippen LogP contribution in [0.25, 0.3) is 11.1 Å². The second-order valence-electron chi connectivity index (χ2n) is 6.44. The molecule has 3 aromatic rings. The summed E-state index contributed by atoms with van der Waals surface area (Å²) in [6, 6.07) is 17.7. The highest BCUT2D eigenvalue weighted by molar-refractivity contribution is 5.84. The zero-order valence-electron chi connectivity index (χ0n) is 14.6. The SMILES string of the molecule is Nc1ncnc(N2CCCCC2)c1-c1ccc(Oc2ccccc2)cc1. The number of ether oxygens (including phenoxy) is 1. The number of hydrogen-bond acceptors (Lipinski definition) is 5. The molecule has 0 bridgehead atoms. The lowest BCUT2D eigenvalue weighted by atomic mass is 10.0. The van der Waals surface area contributed by atoms with Crippen molar-refractivity contribution >= 4 is 11.6 Å². The molecule has 1 aliphatic heterocycles. The van der Waals surface area contributed by atoms with Gasteiger partial charge in [0.25, 0.3) is 0 Å². The first-order valence-corrected chi connectivity index (χ1v) is 9.00. The topological polar surface area (TPSA) is 64.3 Å². The Balaban J connectivity index is 1.63. The van der Waals surface area contributed by atoms with E-state index in [2.05, 4.69) is 14.9 Å². The van der Waals surface area contributed by atoms with Crippen molar-refractivity contribution < 1.29 is 4.74 Å². The molecule has 2 heterocycles. The molecule has 0 saturated carbocycles. The molecule has 1 aliphatic rings. The van der Waals surface area contributed by atoms with Gasteiger partial charge < -0.3 is 15.4 Å². The van der Waals surface area contributed by atoms with E-state index in [1.165, 1.54) is 19.3 Å². The Morgan fingerprint density at radius 3 is 2.23 bits per heavy atom. The quantitative estimate of drug-likeness (QED) is 0.753. The van der Waals surface area contributed by atoms with Gasteiger partial charge in [-0.2, -0.15) is 0 Å². The minimum absolute atomic E-state index is 0.511. The van der Waals surface area contributed by atoms with Crippen LogP contribution in [-0.2, 0) is 0 Å². The summed E-state index contributed by atoms with van der Waals surface area (Å²) in [5.74, 6) is 3.04. The zero-order chi connectivity index (χ0) is 17.8. The van der Waals surface area contributed by atoms with E-state index in [4.69, 9.17) is 10.5 Å². The minimum Gasteiger partial charge on any atom is -0.457 e. The highest BCUT2D eigenvalue weighted by atomic mass is 16.5. The molecule has 0 atom stereocenters. The second kappa shape index (κ2) is 7.44. The number of anilines is 2. The third kappa shape index (κ3) is 3.47. The van der Waals surface area contributed by atoms with Crippen molar-refractivity contribution in [1.29, 1.82) is 0 Å². The van der Waals surface area contributed by atoms with Crippen LogP contribution in [-0.4, -0.2) is 23.1 Å². The van der Waals surface area contributed by atoms with Gasteiger partial charge in [0, 0.05) is 13.1 Å². The number of rotatable bonds is 4. The molecule has 4 rings (SSSR count). The molecule has 2 aromatic carbocycles. The normalized spacial score (nSPS) is 14.2. The highest BCUT2D eigenvalue weighted by Gasteiger charge is 2.19. The lowest BCUT2D eigenvalue weighted by Crippen LogP contribution is -2.31. The number of benzene rings is 2. The van der Waals surface area contributed by atoms with Gasteiger partial charge in [0.1, 0.15) is 29.5 Å². The van der Waals surface area contributed by atoms with Crippen LogP contribution in [0.2, 0.25) is 0 Å². The monoisotopic (exact) mass is 346 g/mol. The summed E-state index contributed by atoms with van der Waals surface area (Å²) >= 11 is 0. The molecule has 0 spiro atoms. The van der Waals surface area contributed by atoms with Crippen molar-refractivity contribution in [3.05, 3.63) is 60.9 Å². The minimum atomic E-state index is 0.511. The van der Waals surface area contributed by atoms with Crippen LogP contribution in [0, 0.1) is 0 Å². The first kappa shape index (κ1) is 16.4. The van der Waals surface area contributed by atoms with Gasteiger partial charge >= 0.3 is 0 Å². The number of nitrogen functional groups attached to an aromatic ring is 1. The lowest BCUT2D eigenvalue weighted by molar-refractivity contribution is 0.483. The van der Waals surface area contributed by atoms with Crippen LogP contribution in [0.5, 0.6) is 11.5 Å². The number of aromatic nitrogens is 2. The number of piperidine rings is 1. The van der Waals surface area contributed by atoms with Crippen LogP contribution in [0.15, 0.2) is 60.9 Å². The van der Waals surface area contributed by atoms with Crippen molar-refractivity contribution in [2.75, 3.05) is 23.7 Å². The predicted octanol–water partition coefficient (Wildman–Crippen LogP) is 4.51. The molecule has 0 unspecified atom stereocenters. The van der Waals surface area contributed by atoms with E-state index < -0.39 is 0 Å². The molecular formula is C21H22N4O. The molecule has 5 heteroatoms. The summed E-state index contributed by atoms with van der Waals surface area (Å²) in [7, 11) is 0. The maximum atomic E-state index is 6.21. The Hall–Kier alpha value is -3.08. The predicted molar refractivity (Wildman–Crippen MR) is 104 cm³/mol. The van der Waals surface area contributed by atoms with E-state index >= 15 is 0 Å². The summed E-state index contributed by atoms with van der Waals surface area (Å²) in [5, 5.41) is 0. The molecule has 0 amide bonds. The average Bonchev–Trinajstić information content (AvgIpc) is 2.70. The van der Waals surface area contributed by atoms with Crippen LogP contribution < -0.4 is 15.4 Å². The van der Waals surface area contributed by atoms with Crippen molar-refractivity contribution in [3.63, 3.8) is 0 Å². The molecule has 0 radical (unpaired) electrons. The summed E-state index contributed by atoms with van der Waals surface area (Å²) in [6.07, 6.45) is 5.20. The largest absolute Gasteiger partial charge is 0.457 e. The number of nitrogens with zero attached hydrogens (tertiary/aromatic N) is 3. The van der Waals surface area contributed by atoms with E-state index in [0.717, 1.165) is 41.5 Å². The van der Waals surface area contributed by atoms with Crippen LogP contribution in [0.1, 0.15) is 19.3 Å². The van der Waals surface area contributed by atoms with Gasteiger partial charge in [-0.05, 0) is 49.1 Å². The third-order valence-electron chi connectivity index (χ3n) is 4.63. The van der Waals surface area contributed by atoms with Crippen LogP contribution >= 0.6 is 0 Å². The molecule has 5 nitrogen and oxygen atoms in total. The van der Waals surface area contributed by atoms with Crippen LogP contribution in [0.3, 0.4) is 0 Å². The molecule has 132 valence electrons. The Labute approximate surface area is 153 Å². The fraction of sp³-hybridized carbons (Fsp3) is 0.238. The Morgan fingerprint density at radius 1 is 0.808 bits per heavy atom. The first-order valence-electron chi connectivity index (χ1n) is 9.00. The van der Waals surface area contributed by atoms with Gasteiger partial charge in [-0.25, -0.2) is 9.97 Å². The van der Waals surface area contributed by atoms with Crippen molar-refractivity contribution in [3.8, 4) is 22.6 Å². The molecule has 1 saturated heterocycles. The van der Waals surface area contributed by atoms with Crippen molar-refractivity contribution in [1.82, 2.24) is 9.97 Å². The lowest BCUT2D eigenvalue weighted by Gasteiger charge is -2.29. The fourth-order valence-electron chi connectivity index (χ4n) is 3.33. The standard InChI is InChI=1S/C21H22N4O/c22-20-19(21(24-15-23-20)25-13-5-2-6-14-25)16-9-11-18(12-10-16)26-17-7-3-1-4-8-17/h1,3-4,7-12,15H,2,5-6,13-14H2,(H2,22,23,24). The Morgan fingerprint density at radius 2 is 1.50 bits per heavy atom. The van der Waals surface area contributed by atoms with Gasteiger partial charge in [0.2, 0.25) is 0 Å². The Kier molecular flexibility index (Phi) is 4.69. The van der Waals surface area contributed by atoms with E-state index in [1.54, 1.807) is 6.33 Å². The van der Waals surface area contributed by atoms with Gasteiger partial charge in [0.15, 0.2) is 0 Å². The van der Waals surface area contributed by atoms with Gasteiger partial charge in [0.05, 0.1) is 5.56 Å². The van der Waals surface area contributed by atoms with Crippen molar-refractivity contribution in [2.24, 2.45) is 0 Å². The molecular weight excluding hydrogens is 324 g/mol. The second-order valence-corrected chi connectivity index (χ2v) is 6.44. The van der Waals surface area contributed by atoms with E-state index in [9.17, 15) is 0 Å². The van der Waals surface area contributed by atoms with Gasteiger partial charge in [-0.1, -0.05) is 30.3 Å². The van der Waals surface area contributed by atoms with E-state index in [1.807, 2.05) is 54.6 Å². The number of hydrogen-bond donors (Lipinski definition) is 1. The molecule has 26 heavy (non-hydrogen) atoms. The molecule has 1 fully saturated rings. The summed E-state index contributed by atoms with van der Waals surface area (Å²) in [4.78, 5) is 11.1. The summed E-state index contributed by atoms with van der Waals surface area (Å²) in [5.41, 5.74) is 8.12. The molecule has 2 N–H and O–H groups in total. The zero-order valence-corrected chi connectivity index (χ0v) is 14.6. The number of para-hydroxylation sites is 1. The summed E-state index contributed by atoms with van der Waals surface area (Å²) in [6.45, 7) is 2.03. The highest BCUT2D eigenvalue weighted by Crippen LogP contribution is 2.35. The number of nitrogens with two attached hydrogens (primary N) is 1. The fourth-order valence-corrected chi connectivity index (χ4v) is 3.33. The first-order chi connectivity index (χ1) is 12.8. The van der Waals surface area contributed by atoms with Gasteiger partial charge in [-0.3, -0.25) is 0 Å². The summed E-state index contributed by atoms with van der Waals surface area (Å²) < 4.78 is 5.87. The maximum absolute atomic E-state index is 6.21. The van der Waals surface area contributed by atoms with E-state index in [-0.39, 0.29) is 0 Å². The van der Waals surface area contributed by atoms with Gasteiger partial charge in [-0.15, -0.1) is 0 Å². The van der Waals surface area contributed by atoms with E-state index in [0.29, 0.717) is 5.82 Å². The Bertz CT molecular complexity index is 859. The van der Waals surface area contributed by atoms with Crippen molar-refractivity contribution in [2.45, 2.75) is 19.3 Å². The average molecular weight is 346 g/mol. The molecule has 1 aromatic heterocycles.